The van der Waals surface area contributed by atoms with E-state index in [1.807, 2.05) is 78.2 Å². The first-order chi connectivity index (χ1) is 13.4. The molecule has 1 aliphatic heterocycles. The number of amides is 2. The molecular weight excluding hydrogens is 352 g/mol. The van der Waals surface area contributed by atoms with Crippen LogP contribution in [0.15, 0.2) is 54.6 Å². The molecule has 2 aromatic carbocycles. The quantitative estimate of drug-likeness (QED) is 0.801. The van der Waals surface area contributed by atoms with Crippen LogP contribution in [-0.2, 0) is 21.6 Å². The molecule has 2 aromatic rings. The molecule has 28 heavy (non-hydrogen) atoms. The SMILES string of the molecule is COCc1cccc(C(=O)N2CCN(C(=O)C(C)(C)c3ccccc3)CC2)c1. The van der Waals surface area contributed by atoms with Crippen LogP contribution in [0.4, 0.5) is 0 Å². The summed E-state index contributed by atoms with van der Waals surface area (Å²) in [6.07, 6.45) is 0. The molecule has 1 aliphatic rings. The molecule has 2 amide bonds. The molecule has 0 aromatic heterocycles. The van der Waals surface area contributed by atoms with Gasteiger partial charge >= 0.3 is 0 Å². The zero-order valence-corrected chi connectivity index (χ0v) is 16.9. The number of carbonyl (C=O) groups is 2. The molecule has 1 heterocycles. The number of hydrogen-bond donors (Lipinski definition) is 0. The Morgan fingerprint density at radius 1 is 0.929 bits per heavy atom. The lowest BCUT2D eigenvalue weighted by Crippen LogP contribution is -2.54. The molecule has 5 heteroatoms. The van der Waals surface area contributed by atoms with Gasteiger partial charge in [0.1, 0.15) is 0 Å². The van der Waals surface area contributed by atoms with E-state index in [1.54, 1.807) is 7.11 Å². The number of hydrogen-bond acceptors (Lipinski definition) is 3. The molecule has 1 fully saturated rings. The summed E-state index contributed by atoms with van der Waals surface area (Å²) < 4.78 is 5.15. The highest BCUT2D eigenvalue weighted by atomic mass is 16.5. The maximum absolute atomic E-state index is 13.1. The van der Waals surface area contributed by atoms with E-state index < -0.39 is 5.41 Å². The molecule has 0 spiro atoms. The fraction of sp³-hybridized carbons (Fsp3) is 0.391. The third-order valence-electron chi connectivity index (χ3n) is 5.37. The molecular formula is C23H28N2O3. The summed E-state index contributed by atoms with van der Waals surface area (Å²) in [6.45, 7) is 6.61. The standard InChI is InChI=1S/C23H28N2O3/c1-23(2,20-10-5-4-6-11-20)22(27)25-14-12-24(13-15-25)21(26)19-9-7-8-18(16-19)17-28-3/h4-11,16H,12-15,17H2,1-3H3. The van der Waals surface area contributed by atoms with Crippen LogP contribution < -0.4 is 0 Å². The van der Waals surface area contributed by atoms with Crippen LogP contribution in [0.25, 0.3) is 0 Å². The van der Waals surface area contributed by atoms with Crippen molar-refractivity contribution in [3.63, 3.8) is 0 Å². The zero-order valence-electron chi connectivity index (χ0n) is 16.9. The first-order valence-corrected chi connectivity index (χ1v) is 9.65. The second-order valence-electron chi connectivity index (χ2n) is 7.71. The number of methoxy groups -OCH3 is 1. The van der Waals surface area contributed by atoms with E-state index >= 15 is 0 Å². The maximum atomic E-state index is 13.1. The summed E-state index contributed by atoms with van der Waals surface area (Å²) in [7, 11) is 1.64. The fourth-order valence-corrected chi connectivity index (χ4v) is 3.63. The molecule has 0 bridgehead atoms. The highest BCUT2D eigenvalue weighted by molar-refractivity contribution is 5.94. The molecule has 0 radical (unpaired) electrons. The molecule has 0 saturated carbocycles. The largest absolute Gasteiger partial charge is 0.380 e. The van der Waals surface area contributed by atoms with Gasteiger partial charge in [-0.15, -0.1) is 0 Å². The van der Waals surface area contributed by atoms with E-state index in [1.165, 1.54) is 0 Å². The first-order valence-electron chi connectivity index (χ1n) is 9.65. The van der Waals surface area contributed by atoms with Crippen molar-refractivity contribution in [2.24, 2.45) is 0 Å². The summed E-state index contributed by atoms with van der Waals surface area (Å²) in [6, 6.07) is 17.4. The second kappa shape index (κ2) is 8.57. The van der Waals surface area contributed by atoms with Crippen LogP contribution >= 0.6 is 0 Å². The summed E-state index contributed by atoms with van der Waals surface area (Å²) in [5.41, 5.74) is 2.07. The third kappa shape index (κ3) is 4.25. The van der Waals surface area contributed by atoms with E-state index in [9.17, 15) is 9.59 Å². The molecule has 0 unspecified atom stereocenters. The van der Waals surface area contributed by atoms with Gasteiger partial charge in [-0.25, -0.2) is 0 Å². The maximum Gasteiger partial charge on any atom is 0.253 e. The van der Waals surface area contributed by atoms with Crippen molar-refractivity contribution in [3.8, 4) is 0 Å². The van der Waals surface area contributed by atoms with Gasteiger partial charge in [0.05, 0.1) is 12.0 Å². The Morgan fingerprint density at radius 2 is 1.57 bits per heavy atom. The number of benzene rings is 2. The van der Waals surface area contributed by atoms with E-state index in [4.69, 9.17) is 4.74 Å². The molecule has 1 saturated heterocycles. The lowest BCUT2D eigenvalue weighted by atomic mass is 9.83. The second-order valence-corrected chi connectivity index (χ2v) is 7.71. The van der Waals surface area contributed by atoms with Crippen molar-refractivity contribution < 1.29 is 14.3 Å². The van der Waals surface area contributed by atoms with Gasteiger partial charge in [-0.3, -0.25) is 9.59 Å². The van der Waals surface area contributed by atoms with E-state index in [-0.39, 0.29) is 11.8 Å². The number of rotatable bonds is 5. The van der Waals surface area contributed by atoms with Gasteiger partial charge in [-0.2, -0.15) is 0 Å². The highest BCUT2D eigenvalue weighted by Gasteiger charge is 2.35. The highest BCUT2D eigenvalue weighted by Crippen LogP contribution is 2.26. The van der Waals surface area contributed by atoms with Crippen LogP contribution in [-0.4, -0.2) is 54.9 Å². The predicted molar refractivity (Wildman–Crippen MR) is 109 cm³/mol. The molecule has 0 aliphatic carbocycles. The minimum absolute atomic E-state index is 0.00683. The molecule has 148 valence electrons. The minimum atomic E-state index is -0.581. The average Bonchev–Trinajstić information content (AvgIpc) is 2.74. The lowest BCUT2D eigenvalue weighted by molar-refractivity contribution is -0.137. The predicted octanol–water partition coefficient (Wildman–Crippen LogP) is 3.10. The van der Waals surface area contributed by atoms with Crippen molar-refractivity contribution in [2.45, 2.75) is 25.9 Å². The average molecular weight is 380 g/mol. The van der Waals surface area contributed by atoms with Gasteiger partial charge in [-0.1, -0.05) is 42.5 Å². The molecule has 0 atom stereocenters. The van der Waals surface area contributed by atoms with Crippen LogP contribution in [0.5, 0.6) is 0 Å². The van der Waals surface area contributed by atoms with Crippen molar-refractivity contribution in [3.05, 3.63) is 71.3 Å². The topological polar surface area (TPSA) is 49.9 Å². The number of carbonyl (C=O) groups excluding carboxylic acids is 2. The Balaban J connectivity index is 1.63. The van der Waals surface area contributed by atoms with E-state index in [2.05, 4.69) is 0 Å². The van der Waals surface area contributed by atoms with Gasteiger partial charge in [0.2, 0.25) is 5.91 Å². The van der Waals surface area contributed by atoms with Crippen LogP contribution in [0.1, 0.15) is 35.3 Å². The van der Waals surface area contributed by atoms with Crippen molar-refractivity contribution in [2.75, 3.05) is 33.3 Å². The monoisotopic (exact) mass is 380 g/mol. The van der Waals surface area contributed by atoms with Crippen molar-refractivity contribution in [1.82, 2.24) is 9.80 Å². The Kier molecular flexibility index (Phi) is 6.15. The first kappa shape index (κ1) is 20.1. The van der Waals surface area contributed by atoms with Crippen LogP contribution in [0.2, 0.25) is 0 Å². The van der Waals surface area contributed by atoms with Gasteiger partial charge in [-0.05, 0) is 37.1 Å². The Bertz CT molecular complexity index is 825. The van der Waals surface area contributed by atoms with Crippen LogP contribution in [0.3, 0.4) is 0 Å². The number of nitrogens with zero attached hydrogens (tertiary/aromatic N) is 2. The van der Waals surface area contributed by atoms with Gasteiger partial charge in [0.15, 0.2) is 0 Å². The van der Waals surface area contributed by atoms with Crippen LogP contribution in [0, 0.1) is 0 Å². The Hall–Kier alpha value is -2.66. The summed E-state index contributed by atoms with van der Waals surface area (Å²) in [4.78, 5) is 29.6. The van der Waals surface area contributed by atoms with Gasteiger partial charge in [0.25, 0.3) is 5.91 Å². The van der Waals surface area contributed by atoms with Crippen molar-refractivity contribution in [1.29, 1.82) is 0 Å². The minimum Gasteiger partial charge on any atom is -0.380 e. The van der Waals surface area contributed by atoms with E-state index in [0.717, 1.165) is 11.1 Å². The summed E-state index contributed by atoms with van der Waals surface area (Å²) >= 11 is 0. The van der Waals surface area contributed by atoms with E-state index in [0.29, 0.717) is 38.3 Å². The Labute approximate surface area is 166 Å². The normalized spacial score (nSPS) is 14.8. The Morgan fingerprint density at radius 3 is 2.21 bits per heavy atom. The smallest absolute Gasteiger partial charge is 0.253 e. The molecule has 5 nitrogen and oxygen atoms in total. The zero-order chi connectivity index (χ0) is 20.1. The van der Waals surface area contributed by atoms with Gasteiger partial charge < -0.3 is 14.5 Å². The van der Waals surface area contributed by atoms with Gasteiger partial charge in [0, 0.05) is 38.9 Å². The fourth-order valence-electron chi connectivity index (χ4n) is 3.63. The summed E-state index contributed by atoms with van der Waals surface area (Å²) in [5, 5.41) is 0. The number of ether oxygens (including phenoxy) is 1. The summed E-state index contributed by atoms with van der Waals surface area (Å²) in [5.74, 6) is 0.111. The third-order valence-corrected chi connectivity index (χ3v) is 5.37. The van der Waals surface area contributed by atoms with Crippen molar-refractivity contribution >= 4 is 11.8 Å². The molecule has 3 rings (SSSR count). The molecule has 0 N–H and O–H groups in total. The number of piperazine rings is 1. The lowest BCUT2D eigenvalue weighted by Gasteiger charge is -2.38.